The third kappa shape index (κ3) is 4.89. The number of esters is 4. The summed E-state index contributed by atoms with van der Waals surface area (Å²) >= 11 is 2.77. The number of ether oxygens (including phenoxy) is 5. The predicted molar refractivity (Wildman–Crippen MR) is 77.4 cm³/mol. The van der Waals surface area contributed by atoms with Crippen molar-refractivity contribution in [2.24, 2.45) is 0 Å². The van der Waals surface area contributed by atoms with E-state index >= 15 is 0 Å². The van der Waals surface area contributed by atoms with Crippen LogP contribution in [0.4, 0.5) is 0 Å². The molecule has 0 saturated carbocycles. The molecule has 1 heterocycles. The van der Waals surface area contributed by atoms with Crippen molar-refractivity contribution in [3.05, 3.63) is 0 Å². The molecule has 0 aromatic rings. The van der Waals surface area contributed by atoms with Gasteiger partial charge in [-0.3, -0.25) is 14.4 Å². The maximum atomic E-state index is 11.9. The number of methoxy groups -OCH3 is 1. The fourth-order valence-electron chi connectivity index (χ4n) is 2.12. The lowest BCUT2D eigenvalue weighted by Crippen LogP contribution is -2.66. The summed E-state index contributed by atoms with van der Waals surface area (Å²) in [5, 5.41) is 10.3. The van der Waals surface area contributed by atoms with Gasteiger partial charge in [-0.25, -0.2) is 4.79 Å². The summed E-state index contributed by atoms with van der Waals surface area (Å²) in [5.41, 5.74) is 0. The molecule has 1 aliphatic heterocycles. The van der Waals surface area contributed by atoms with Crippen LogP contribution in [0.3, 0.4) is 0 Å². The summed E-state index contributed by atoms with van der Waals surface area (Å²) in [5.74, 6) is -3.49. The number of carbonyl (C=O) groups excluding carboxylic acids is 4. The summed E-state index contributed by atoms with van der Waals surface area (Å²) in [6, 6.07) is 0. The lowest BCUT2D eigenvalue weighted by Gasteiger charge is -2.45. The Labute approximate surface area is 145 Å². The van der Waals surface area contributed by atoms with Gasteiger partial charge in [-0.2, -0.15) is 0 Å². The first kappa shape index (κ1) is 20.3. The van der Waals surface area contributed by atoms with Crippen LogP contribution in [0, 0.1) is 0 Å². The second-order valence-electron chi connectivity index (χ2n) is 4.85. The Hall–Kier alpha value is -1.72. The van der Waals surface area contributed by atoms with Crippen LogP contribution in [0.1, 0.15) is 20.8 Å². The van der Waals surface area contributed by atoms with Crippen molar-refractivity contribution in [2.75, 3.05) is 7.11 Å². The molecule has 1 fully saturated rings. The van der Waals surface area contributed by atoms with Crippen molar-refractivity contribution in [1.82, 2.24) is 0 Å². The Morgan fingerprint density at radius 1 is 0.958 bits per heavy atom. The molecule has 1 aliphatic rings. The van der Waals surface area contributed by atoms with Gasteiger partial charge in [0.05, 0.1) is 7.11 Å². The van der Waals surface area contributed by atoms with Crippen molar-refractivity contribution in [1.29, 1.82) is 0 Å². The summed E-state index contributed by atoms with van der Waals surface area (Å²) in [6.07, 6.45) is -6.30. The minimum absolute atomic E-state index is 0.823. The van der Waals surface area contributed by atoms with Gasteiger partial charge in [-0.1, -0.05) is 0 Å². The van der Waals surface area contributed by atoms with Gasteiger partial charge in [0.25, 0.3) is 4.70 Å². The quantitative estimate of drug-likeness (QED) is 0.361. The van der Waals surface area contributed by atoms with E-state index in [1.807, 2.05) is 0 Å². The Morgan fingerprint density at radius 2 is 1.42 bits per heavy atom. The number of hydrogen-bond acceptors (Lipinski definition) is 10. The first-order valence-electron chi connectivity index (χ1n) is 6.68. The van der Waals surface area contributed by atoms with Crippen LogP contribution in [0.2, 0.25) is 0 Å². The van der Waals surface area contributed by atoms with Crippen LogP contribution in [-0.4, -0.2) is 65.2 Å². The largest absolute Gasteiger partial charge is 0.467 e. The van der Waals surface area contributed by atoms with Crippen LogP contribution in [0.15, 0.2) is 0 Å². The van der Waals surface area contributed by atoms with Gasteiger partial charge in [0.1, 0.15) is 0 Å². The summed E-state index contributed by atoms with van der Waals surface area (Å²) in [6.45, 7) is 3.14. The maximum absolute atomic E-state index is 11.9. The molecule has 136 valence electrons. The van der Waals surface area contributed by atoms with Gasteiger partial charge in [0.2, 0.25) is 6.10 Å². The van der Waals surface area contributed by atoms with E-state index in [2.05, 4.69) is 20.7 Å². The standard InChI is InChI=1S/C13H17BrO10/c1-5(15)21-8-9(22-6(2)16)11(23-7(3)17)13(14,19)24-10(8)12(18)20-4/h8-11,19H,1-4H3/t8-,9-,10-,11+,13-/m0/s1. The zero-order valence-corrected chi connectivity index (χ0v) is 14.9. The minimum Gasteiger partial charge on any atom is -0.467 e. The van der Waals surface area contributed by atoms with Crippen LogP contribution in [0.25, 0.3) is 0 Å². The van der Waals surface area contributed by atoms with Crippen molar-refractivity contribution in [3.63, 3.8) is 0 Å². The summed E-state index contributed by atoms with van der Waals surface area (Å²) in [4.78, 5) is 45.9. The number of aliphatic hydroxyl groups is 1. The first-order chi connectivity index (χ1) is 11.0. The molecule has 0 bridgehead atoms. The van der Waals surface area contributed by atoms with Gasteiger partial charge in [-0.05, 0) is 15.9 Å². The second-order valence-corrected chi connectivity index (χ2v) is 5.98. The molecule has 1 saturated heterocycles. The summed E-state index contributed by atoms with van der Waals surface area (Å²) < 4.78 is 22.2. The van der Waals surface area contributed by atoms with E-state index in [1.165, 1.54) is 0 Å². The molecule has 1 N–H and O–H groups in total. The number of hydrogen-bond donors (Lipinski definition) is 1. The fourth-order valence-corrected chi connectivity index (χ4v) is 2.67. The molecule has 5 atom stereocenters. The Balaban J connectivity index is 3.34. The minimum atomic E-state index is -2.39. The molecule has 24 heavy (non-hydrogen) atoms. The number of rotatable bonds is 4. The molecule has 10 nitrogen and oxygen atoms in total. The zero-order chi connectivity index (χ0) is 18.7. The fraction of sp³-hybridized carbons (Fsp3) is 0.692. The predicted octanol–water partition coefficient (Wildman–Crippen LogP) is -0.606. The van der Waals surface area contributed by atoms with Crippen LogP contribution >= 0.6 is 15.9 Å². The second kappa shape index (κ2) is 7.90. The van der Waals surface area contributed by atoms with E-state index in [0.29, 0.717) is 0 Å². The van der Waals surface area contributed by atoms with Crippen LogP contribution in [0.5, 0.6) is 0 Å². The van der Waals surface area contributed by atoms with Gasteiger partial charge in [-0.15, -0.1) is 0 Å². The topological polar surface area (TPSA) is 135 Å². The molecular formula is C13H17BrO10. The number of alkyl halides is 1. The summed E-state index contributed by atoms with van der Waals surface area (Å²) in [7, 11) is 1.04. The third-order valence-corrected chi connectivity index (χ3v) is 3.53. The molecule has 0 aromatic heterocycles. The van der Waals surface area contributed by atoms with Gasteiger partial charge >= 0.3 is 23.9 Å². The van der Waals surface area contributed by atoms with E-state index in [4.69, 9.17) is 18.9 Å². The smallest absolute Gasteiger partial charge is 0.339 e. The highest BCUT2D eigenvalue weighted by Gasteiger charge is 2.60. The Bertz CT molecular complexity index is 531. The van der Waals surface area contributed by atoms with Gasteiger partial charge < -0.3 is 28.8 Å². The van der Waals surface area contributed by atoms with Gasteiger partial charge in [0, 0.05) is 20.8 Å². The molecule has 0 unspecified atom stereocenters. The lowest BCUT2D eigenvalue weighted by atomic mass is 9.97. The Kier molecular flexibility index (Phi) is 6.69. The highest BCUT2D eigenvalue weighted by molar-refractivity contribution is 9.10. The van der Waals surface area contributed by atoms with E-state index < -0.39 is 53.0 Å². The van der Waals surface area contributed by atoms with E-state index in [1.54, 1.807) is 0 Å². The highest BCUT2D eigenvalue weighted by Crippen LogP contribution is 2.38. The molecule has 0 aliphatic carbocycles. The molecule has 0 amide bonds. The SMILES string of the molecule is COC(=O)[C@H]1O[C@](O)(Br)[C@H](OC(C)=O)[C@@H](OC(C)=O)[C@@H]1OC(C)=O. The van der Waals surface area contributed by atoms with E-state index in [-0.39, 0.29) is 0 Å². The zero-order valence-electron chi connectivity index (χ0n) is 13.3. The highest BCUT2D eigenvalue weighted by atomic mass is 79.9. The van der Waals surface area contributed by atoms with E-state index in [0.717, 1.165) is 27.9 Å². The monoisotopic (exact) mass is 412 g/mol. The van der Waals surface area contributed by atoms with Crippen LogP contribution < -0.4 is 0 Å². The maximum Gasteiger partial charge on any atom is 0.339 e. The van der Waals surface area contributed by atoms with Crippen molar-refractivity contribution >= 4 is 39.8 Å². The van der Waals surface area contributed by atoms with Gasteiger partial charge in [0.15, 0.2) is 18.3 Å². The number of carbonyl (C=O) groups is 4. The first-order valence-corrected chi connectivity index (χ1v) is 7.47. The third-order valence-electron chi connectivity index (χ3n) is 2.89. The average molecular weight is 413 g/mol. The molecule has 11 heteroatoms. The van der Waals surface area contributed by atoms with Crippen molar-refractivity contribution in [3.8, 4) is 0 Å². The van der Waals surface area contributed by atoms with Crippen molar-refractivity contribution < 1.29 is 48.0 Å². The molecule has 0 radical (unpaired) electrons. The number of halogens is 1. The average Bonchev–Trinajstić information content (AvgIpc) is 2.43. The van der Waals surface area contributed by atoms with E-state index in [9.17, 15) is 24.3 Å². The lowest BCUT2D eigenvalue weighted by molar-refractivity contribution is -0.302. The molecular weight excluding hydrogens is 396 g/mol. The molecule has 1 rings (SSSR count). The van der Waals surface area contributed by atoms with Crippen LogP contribution in [-0.2, 0) is 42.9 Å². The Morgan fingerprint density at radius 3 is 1.83 bits per heavy atom. The molecule has 0 spiro atoms. The van der Waals surface area contributed by atoms with Crippen molar-refractivity contribution in [2.45, 2.75) is 49.9 Å². The molecule has 0 aromatic carbocycles. The normalized spacial score (nSPS) is 32.4.